The lowest BCUT2D eigenvalue weighted by atomic mass is 10.1. The Kier molecular flexibility index (Phi) is 5.90. The number of benzene rings is 2. The first-order valence-electron chi connectivity index (χ1n) is 10.5. The van der Waals surface area contributed by atoms with E-state index in [4.69, 9.17) is 18.9 Å². The Balaban J connectivity index is 1.46. The molecule has 0 atom stereocenters. The number of hydrogen-bond donors (Lipinski definition) is 1. The van der Waals surface area contributed by atoms with Crippen molar-refractivity contribution < 1.29 is 28.7 Å². The highest BCUT2D eigenvalue weighted by Gasteiger charge is 2.26. The number of nitrogens with one attached hydrogen (secondary N) is 1. The molecule has 184 valence electrons. The molecule has 13 heteroatoms. The lowest BCUT2D eigenvalue weighted by Crippen LogP contribution is -2.17. The SMILES string of the molecule is COc1cc(C(=O)Nc2cc(C)nn2-c2nc(-c3ccc4c(c3)OCO4)cs2)c([N+](=O)[O-])cc1OC. The minimum absolute atomic E-state index is 0.139. The van der Waals surface area contributed by atoms with Gasteiger partial charge in [0, 0.05) is 23.1 Å². The summed E-state index contributed by atoms with van der Waals surface area (Å²) in [4.78, 5) is 28.8. The fourth-order valence-electron chi connectivity index (χ4n) is 3.67. The molecule has 0 aliphatic carbocycles. The molecule has 2 aromatic heterocycles. The van der Waals surface area contributed by atoms with E-state index in [9.17, 15) is 14.9 Å². The summed E-state index contributed by atoms with van der Waals surface area (Å²) >= 11 is 1.32. The highest BCUT2D eigenvalue weighted by Crippen LogP contribution is 2.37. The molecule has 0 fully saturated rings. The van der Waals surface area contributed by atoms with Crippen molar-refractivity contribution in [3.63, 3.8) is 0 Å². The summed E-state index contributed by atoms with van der Waals surface area (Å²) in [5, 5.41) is 21.1. The fraction of sp³-hybridized carbons (Fsp3) is 0.174. The second-order valence-electron chi connectivity index (χ2n) is 7.60. The van der Waals surface area contributed by atoms with E-state index in [1.54, 1.807) is 13.0 Å². The van der Waals surface area contributed by atoms with Crippen LogP contribution in [0.4, 0.5) is 11.5 Å². The van der Waals surface area contributed by atoms with Crippen LogP contribution >= 0.6 is 11.3 Å². The van der Waals surface area contributed by atoms with Crippen molar-refractivity contribution in [1.29, 1.82) is 0 Å². The molecule has 1 aliphatic heterocycles. The Labute approximate surface area is 208 Å². The third kappa shape index (κ3) is 4.15. The van der Waals surface area contributed by atoms with E-state index >= 15 is 0 Å². The number of carbonyl (C=O) groups excluding carboxylic acids is 1. The van der Waals surface area contributed by atoms with Gasteiger partial charge in [0.05, 0.1) is 36.6 Å². The van der Waals surface area contributed by atoms with Crippen molar-refractivity contribution in [2.45, 2.75) is 6.92 Å². The van der Waals surface area contributed by atoms with Crippen molar-refractivity contribution >= 4 is 28.7 Å². The van der Waals surface area contributed by atoms with Crippen molar-refractivity contribution in [2.24, 2.45) is 0 Å². The van der Waals surface area contributed by atoms with Gasteiger partial charge in [-0.1, -0.05) is 0 Å². The summed E-state index contributed by atoms with van der Waals surface area (Å²) in [6.45, 7) is 1.94. The van der Waals surface area contributed by atoms with Gasteiger partial charge >= 0.3 is 0 Å². The van der Waals surface area contributed by atoms with Crippen LogP contribution in [0, 0.1) is 17.0 Å². The number of aryl methyl sites for hydroxylation is 1. The van der Waals surface area contributed by atoms with Gasteiger partial charge in [0.15, 0.2) is 23.0 Å². The topological polar surface area (TPSA) is 140 Å². The number of rotatable bonds is 7. The second-order valence-corrected chi connectivity index (χ2v) is 8.44. The van der Waals surface area contributed by atoms with Crippen LogP contribution in [-0.4, -0.2) is 46.6 Å². The first-order chi connectivity index (χ1) is 17.4. The van der Waals surface area contributed by atoms with E-state index in [2.05, 4.69) is 15.4 Å². The molecule has 36 heavy (non-hydrogen) atoms. The largest absolute Gasteiger partial charge is 0.493 e. The van der Waals surface area contributed by atoms with E-state index in [1.807, 2.05) is 23.6 Å². The van der Waals surface area contributed by atoms with E-state index in [0.29, 0.717) is 33.8 Å². The van der Waals surface area contributed by atoms with Crippen molar-refractivity contribution in [3.8, 4) is 39.4 Å². The van der Waals surface area contributed by atoms with Crippen molar-refractivity contribution in [2.75, 3.05) is 26.3 Å². The molecule has 0 radical (unpaired) electrons. The lowest BCUT2D eigenvalue weighted by Gasteiger charge is -2.11. The lowest BCUT2D eigenvalue weighted by molar-refractivity contribution is -0.385. The normalized spacial score (nSPS) is 11.9. The Morgan fingerprint density at radius 3 is 2.64 bits per heavy atom. The smallest absolute Gasteiger partial charge is 0.286 e. The van der Waals surface area contributed by atoms with Crippen LogP contribution in [-0.2, 0) is 0 Å². The van der Waals surface area contributed by atoms with Crippen LogP contribution in [0.1, 0.15) is 16.1 Å². The zero-order chi connectivity index (χ0) is 25.4. The van der Waals surface area contributed by atoms with Crippen molar-refractivity contribution in [3.05, 3.63) is 63.1 Å². The minimum atomic E-state index is -0.712. The molecule has 1 aliphatic rings. The van der Waals surface area contributed by atoms with Crippen LogP contribution in [0.5, 0.6) is 23.0 Å². The van der Waals surface area contributed by atoms with Crippen LogP contribution in [0.15, 0.2) is 41.8 Å². The van der Waals surface area contributed by atoms with Gasteiger partial charge in [0.1, 0.15) is 11.4 Å². The molecular formula is C23H19N5O7S. The highest BCUT2D eigenvalue weighted by molar-refractivity contribution is 7.12. The van der Waals surface area contributed by atoms with Gasteiger partial charge < -0.3 is 24.3 Å². The molecule has 2 aromatic carbocycles. The van der Waals surface area contributed by atoms with Crippen LogP contribution in [0.3, 0.4) is 0 Å². The van der Waals surface area contributed by atoms with Crippen LogP contribution in [0.2, 0.25) is 0 Å². The van der Waals surface area contributed by atoms with Crippen LogP contribution in [0.25, 0.3) is 16.4 Å². The van der Waals surface area contributed by atoms with Gasteiger partial charge in [-0.3, -0.25) is 14.9 Å². The molecule has 1 N–H and O–H groups in total. The number of thiazole rings is 1. The predicted molar refractivity (Wildman–Crippen MR) is 130 cm³/mol. The molecular weight excluding hydrogens is 490 g/mol. The summed E-state index contributed by atoms with van der Waals surface area (Å²) in [5.41, 5.74) is 1.52. The molecule has 0 bridgehead atoms. The maximum atomic E-state index is 13.1. The predicted octanol–water partition coefficient (Wildman–Crippen LogP) is 4.21. The Bertz CT molecular complexity index is 1500. The number of carbonyl (C=O) groups is 1. The van der Waals surface area contributed by atoms with E-state index in [-0.39, 0.29) is 23.9 Å². The Morgan fingerprint density at radius 1 is 1.14 bits per heavy atom. The first kappa shape index (κ1) is 23.1. The van der Waals surface area contributed by atoms with E-state index < -0.39 is 16.5 Å². The number of nitro benzene ring substituents is 1. The standard InChI is InChI=1S/C23H19N5O7S/c1-12-6-21(25-22(29)14-8-18(32-2)19(33-3)9-16(14)28(30)31)27(26-12)23-24-15(10-36-23)13-4-5-17-20(7-13)35-11-34-17/h4-10H,11H2,1-3H3,(H,25,29). The number of anilines is 1. The molecule has 5 rings (SSSR count). The Morgan fingerprint density at radius 2 is 1.89 bits per heavy atom. The summed E-state index contributed by atoms with van der Waals surface area (Å²) in [5.74, 6) is 1.23. The van der Waals surface area contributed by atoms with Gasteiger partial charge in [-0.2, -0.15) is 9.78 Å². The molecule has 0 unspecified atom stereocenters. The fourth-order valence-corrected chi connectivity index (χ4v) is 4.47. The number of aromatic nitrogens is 3. The summed E-state index contributed by atoms with van der Waals surface area (Å²) in [7, 11) is 2.73. The number of ether oxygens (including phenoxy) is 4. The average molecular weight is 510 g/mol. The molecule has 0 saturated heterocycles. The van der Waals surface area contributed by atoms with E-state index in [1.165, 1.54) is 36.3 Å². The van der Waals surface area contributed by atoms with Crippen LogP contribution < -0.4 is 24.3 Å². The maximum absolute atomic E-state index is 13.1. The number of fused-ring (bicyclic) bond motifs is 1. The van der Waals surface area contributed by atoms with Gasteiger partial charge in [0.2, 0.25) is 11.9 Å². The monoisotopic (exact) mass is 509 g/mol. The van der Waals surface area contributed by atoms with Gasteiger partial charge in [0.25, 0.3) is 11.6 Å². The minimum Gasteiger partial charge on any atom is -0.493 e. The second kappa shape index (κ2) is 9.19. The van der Waals surface area contributed by atoms with Gasteiger partial charge in [-0.05, 0) is 25.1 Å². The zero-order valence-electron chi connectivity index (χ0n) is 19.3. The van der Waals surface area contributed by atoms with Gasteiger partial charge in [-0.15, -0.1) is 11.3 Å². The number of nitrogens with zero attached hydrogens (tertiary/aromatic N) is 4. The molecule has 0 saturated carbocycles. The number of nitro groups is 1. The summed E-state index contributed by atoms with van der Waals surface area (Å²) in [6.07, 6.45) is 0. The molecule has 12 nitrogen and oxygen atoms in total. The maximum Gasteiger partial charge on any atom is 0.286 e. The third-order valence-corrected chi connectivity index (χ3v) is 6.17. The van der Waals surface area contributed by atoms with Gasteiger partial charge in [-0.25, -0.2) is 4.98 Å². The average Bonchev–Trinajstić information content (AvgIpc) is 3.62. The zero-order valence-corrected chi connectivity index (χ0v) is 20.1. The third-order valence-electron chi connectivity index (χ3n) is 5.36. The number of hydrogen-bond acceptors (Lipinski definition) is 10. The highest BCUT2D eigenvalue weighted by atomic mass is 32.1. The van der Waals surface area contributed by atoms with E-state index in [0.717, 1.165) is 11.6 Å². The summed E-state index contributed by atoms with van der Waals surface area (Å²) < 4.78 is 22.6. The molecule has 4 aromatic rings. The first-order valence-corrected chi connectivity index (χ1v) is 11.4. The summed E-state index contributed by atoms with van der Waals surface area (Å²) in [6, 6.07) is 9.59. The molecule has 1 amide bonds. The quantitative estimate of drug-likeness (QED) is 0.286. The number of methoxy groups -OCH3 is 2. The molecule has 0 spiro atoms. The number of amides is 1. The van der Waals surface area contributed by atoms with Crippen molar-refractivity contribution in [1.82, 2.24) is 14.8 Å². The molecule has 3 heterocycles. The Hall–Kier alpha value is -4.65.